The van der Waals surface area contributed by atoms with Crippen LogP contribution < -0.4 is 15.8 Å². The molecule has 6 nitrogen and oxygen atoms in total. The second-order valence-corrected chi connectivity index (χ2v) is 8.06. The van der Waals surface area contributed by atoms with Crippen LogP contribution in [-0.2, 0) is 14.8 Å². The van der Waals surface area contributed by atoms with Crippen LogP contribution >= 0.6 is 11.6 Å². The molecule has 0 aliphatic carbocycles. The number of nitrogens with two attached hydrogens (primary N) is 1. The summed E-state index contributed by atoms with van der Waals surface area (Å²) in [6.45, 7) is 3.92. The van der Waals surface area contributed by atoms with Crippen LogP contribution in [0.2, 0.25) is 5.02 Å². The third kappa shape index (κ3) is 5.81. The molecule has 2 rings (SSSR count). The Hall–Kier alpha value is -1.93. The van der Waals surface area contributed by atoms with Gasteiger partial charge >= 0.3 is 0 Å². The van der Waals surface area contributed by atoms with Gasteiger partial charge in [-0.3, -0.25) is 4.79 Å². The lowest BCUT2D eigenvalue weighted by Gasteiger charge is -2.17. The van der Waals surface area contributed by atoms with Crippen molar-refractivity contribution >= 4 is 27.5 Å². The number of sulfonamides is 1. The van der Waals surface area contributed by atoms with Crippen molar-refractivity contribution in [2.24, 2.45) is 5.14 Å². The van der Waals surface area contributed by atoms with Gasteiger partial charge in [-0.05, 0) is 49.2 Å². The van der Waals surface area contributed by atoms with Crippen LogP contribution in [0.3, 0.4) is 0 Å². The van der Waals surface area contributed by atoms with Gasteiger partial charge in [0.2, 0.25) is 15.9 Å². The van der Waals surface area contributed by atoms with Crippen molar-refractivity contribution < 1.29 is 13.2 Å². The Balaban J connectivity index is 1.89. The molecular weight excluding hydrogens is 374 g/mol. The Bertz CT molecular complexity index is 870. The molecule has 0 aliphatic heterocycles. The van der Waals surface area contributed by atoms with Crippen LogP contribution in [0.15, 0.2) is 53.4 Å². The van der Waals surface area contributed by atoms with Gasteiger partial charge in [0.05, 0.1) is 17.5 Å². The second kappa shape index (κ2) is 8.64. The van der Waals surface area contributed by atoms with E-state index in [9.17, 15) is 13.2 Å². The van der Waals surface area contributed by atoms with Crippen LogP contribution in [0.5, 0.6) is 0 Å². The average Bonchev–Trinajstić information content (AvgIpc) is 2.59. The van der Waals surface area contributed by atoms with E-state index in [1.807, 2.05) is 32.0 Å². The molecule has 0 fully saturated rings. The second-order valence-electron chi connectivity index (χ2n) is 6.06. The smallest absolute Gasteiger partial charge is 0.238 e. The average molecular weight is 396 g/mol. The van der Waals surface area contributed by atoms with Gasteiger partial charge in [-0.1, -0.05) is 35.9 Å². The van der Waals surface area contributed by atoms with Crippen molar-refractivity contribution in [3.8, 4) is 0 Å². The normalized spacial score (nSPS) is 13.8. The van der Waals surface area contributed by atoms with E-state index < -0.39 is 10.0 Å². The summed E-state index contributed by atoms with van der Waals surface area (Å²) in [6.07, 6.45) is 0. The molecule has 2 atom stereocenters. The molecule has 8 heteroatoms. The summed E-state index contributed by atoms with van der Waals surface area (Å²) in [4.78, 5) is 12.2. The maximum Gasteiger partial charge on any atom is 0.238 e. The van der Waals surface area contributed by atoms with Crippen molar-refractivity contribution in [1.29, 1.82) is 0 Å². The molecule has 0 unspecified atom stereocenters. The molecule has 0 heterocycles. The Kier molecular flexibility index (Phi) is 6.77. The molecule has 2 aromatic rings. The first-order chi connectivity index (χ1) is 12.2. The van der Waals surface area contributed by atoms with Gasteiger partial charge in [-0.25, -0.2) is 13.6 Å². The Morgan fingerprint density at radius 1 is 1.08 bits per heavy atom. The molecule has 4 N–H and O–H groups in total. The highest BCUT2D eigenvalue weighted by Gasteiger charge is 2.13. The van der Waals surface area contributed by atoms with Gasteiger partial charge in [-0.2, -0.15) is 0 Å². The largest absolute Gasteiger partial charge is 0.348 e. The number of halogens is 1. The molecule has 140 valence electrons. The van der Waals surface area contributed by atoms with Gasteiger partial charge in [0, 0.05) is 11.1 Å². The van der Waals surface area contributed by atoms with Gasteiger partial charge < -0.3 is 10.6 Å². The summed E-state index contributed by atoms with van der Waals surface area (Å²) in [7, 11) is -3.72. The summed E-state index contributed by atoms with van der Waals surface area (Å²) in [5.74, 6) is -0.165. The zero-order valence-corrected chi connectivity index (χ0v) is 16.1. The third-order valence-electron chi connectivity index (χ3n) is 4.00. The van der Waals surface area contributed by atoms with E-state index in [0.29, 0.717) is 5.02 Å². The molecule has 1 amide bonds. The fourth-order valence-electron chi connectivity index (χ4n) is 2.46. The minimum absolute atomic E-state index is 0.0243. The zero-order valence-electron chi connectivity index (χ0n) is 14.6. The number of rotatable bonds is 7. The fraction of sp³-hybridized carbons (Fsp3) is 0.278. The lowest BCUT2D eigenvalue weighted by atomic mass is 10.1. The Labute approximate surface area is 158 Å². The Morgan fingerprint density at radius 3 is 2.31 bits per heavy atom. The fourth-order valence-corrected chi connectivity index (χ4v) is 3.18. The van der Waals surface area contributed by atoms with Crippen LogP contribution in [0, 0.1) is 0 Å². The van der Waals surface area contributed by atoms with E-state index in [4.69, 9.17) is 16.7 Å². The van der Waals surface area contributed by atoms with Crippen LogP contribution in [-0.4, -0.2) is 20.9 Å². The van der Waals surface area contributed by atoms with Gasteiger partial charge in [0.15, 0.2) is 0 Å². The molecule has 26 heavy (non-hydrogen) atoms. The number of hydrogen-bond acceptors (Lipinski definition) is 4. The van der Waals surface area contributed by atoms with E-state index in [2.05, 4.69) is 10.6 Å². The number of benzene rings is 2. The standard InChI is InChI=1S/C18H22ClN3O3S/c1-12(15-4-3-5-16(19)10-15)21-11-18(23)22-13(2)14-6-8-17(9-7-14)26(20,24)25/h3-10,12-13,21H,11H2,1-2H3,(H,22,23)(H2,20,24,25)/t12-,13+/m1/s1. The number of carbonyl (C=O) groups excluding carboxylic acids is 1. The van der Waals surface area contributed by atoms with Crippen LogP contribution in [0.4, 0.5) is 0 Å². The first kappa shape index (κ1) is 20.4. The maximum absolute atomic E-state index is 12.1. The number of hydrogen-bond donors (Lipinski definition) is 3. The molecule has 0 saturated carbocycles. The molecule has 0 bridgehead atoms. The van der Waals surface area contributed by atoms with Gasteiger partial charge in [-0.15, -0.1) is 0 Å². The van der Waals surface area contributed by atoms with Gasteiger partial charge in [0.1, 0.15) is 0 Å². The highest BCUT2D eigenvalue weighted by atomic mass is 35.5. The van der Waals surface area contributed by atoms with Crippen molar-refractivity contribution in [1.82, 2.24) is 10.6 Å². The zero-order chi connectivity index (χ0) is 19.3. The highest BCUT2D eigenvalue weighted by Crippen LogP contribution is 2.17. The van der Waals surface area contributed by atoms with Crippen LogP contribution in [0.1, 0.15) is 37.1 Å². The summed E-state index contributed by atoms with van der Waals surface area (Å²) in [5, 5.41) is 11.7. The van der Waals surface area contributed by atoms with Crippen molar-refractivity contribution in [3.05, 3.63) is 64.7 Å². The summed E-state index contributed by atoms with van der Waals surface area (Å²) in [5.41, 5.74) is 1.78. The SMILES string of the molecule is C[C@H](NC(=O)CN[C@H](C)c1cccc(Cl)c1)c1ccc(S(N)(=O)=O)cc1. The quantitative estimate of drug-likeness (QED) is 0.670. The van der Waals surface area contributed by atoms with Crippen molar-refractivity contribution in [2.75, 3.05) is 6.54 Å². The minimum Gasteiger partial charge on any atom is -0.348 e. The van der Waals surface area contributed by atoms with E-state index in [1.165, 1.54) is 12.1 Å². The van der Waals surface area contributed by atoms with Gasteiger partial charge in [0.25, 0.3) is 0 Å². The monoisotopic (exact) mass is 395 g/mol. The molecule has 0 spiro atoms. The topological polar surface area (TPSA) is 101 Å². The van der Waals surface area contributed by atoms with E-state index in [1.54, 1.807) is 18.2 Å². The number of amides is 1. The van der Waals surface area contributed by atoms with E-state index >= 15 is 0 Å². The molecular formula is C18H22ClN3O3S. The third-order valence-corrected chi connectivity index (χ3v) is 5.17. The molecule has 0 saturated heterocycles. The maximum atomic E-state index is 12.1. The Morgan fingerprint density at radius 2 is 1.73 bits per heavy atom. The van der Waals surface area contributed by atoms with E-state index in [-0.39, 0.29) is 29.4 Å². The molecule has 0 radical (unpaired) electrons. The number of nitrogens with one attached hydrogen (secondary N) is 2. The lowest BCUT2D eigenvalue weighted by molar-refractivity contribution is -0.121. The predicted molar refractivity (Wildman–Crippen MR) is 102 cm³/mol. The van der Waals surface area contributed by atoms with Crippen molar-refractivity contribution in [3.63, 3.8) is 0 Å². The lowest BCUT2D eigenvalue weighted by Crippen LogP contribution is -2.36. The molecule has 2 aromatic carbocycles. The molecule has 0 aliphatic rings. The van der Waals surface area contributed by atoms with E-state index in [0.717, 1.165) is 11.1 Å². The minimum atomic E-state index is -3.72. The van der Waals surface area contributed by atoms with Crippen molar-refractivity contribution in [2.45, 2.75) is 30.8 Å². The number of primary sulfonamides is 1. The summed E-state index contributed by atoms with van der Waals surface area (Å²) < 4.78 is 22.5. The number of carbonyl (C=O) groups is 1. The predicted octanol–water partition coefficient (Wildman–Crippen LogP) is 2.52. The summed E-state index contributed by atoms with van der Waals surface area (Å²) >= 11 is 5.98. The molecule has 0 aromatic heterocycles. The summed E-state index contributed by atoms with van der Waals surface area (Å²) in [6, 6.07) is 13.3. The first-order valence-electron chi connectivity index (χ1n) is 8.08. The first-order valence-corrected chi connectivity index (χ1v) is 10.00. The highest BCUT2D eigenvalue weighted by molar-refractivity contribution is 7.89. The van der Waals surface area contributed by atoms with Crippen LogP contribution in [0.25, 0.3) is 0 Å².